The second-order valence-electron chi connectivity index (χ2n) is 6.44. The molecule has 0 saturated carbocycles. The molecule has 1 amide bonds. The van der Waals surface area contributed by atoms with Gasteiger partial charge < -0.3 is 5.32 Å². The maximum atomic E-state index is 12.6. The van der Waals surface area contributed by atoms with Crippen LogP contribution in [0.3, 0.4) is 0 Å². The van der Waals surface area contributed by atoms with Crippen molar-refractivity contribution in [2.45, 2.75) is 47.5 Å². The minimum Gasteiger partial charge on any atom is -0.326 e. The summed E-state index contributed by atoms with van der Waals surface area (Å²) in [6, 6.07) is 6.93. The average molecular weight is 327 g/mol. The van der Waals surface area contributed by atoms with E-state index in [0.717, 1.165) is 23.4 Å². The molecule has 0 aliphatic heterocycles. The van der Waals surface area contributed by atoms with Crippen molar-refractivity contribution in [1.29, 1.82) is 0 Å². The van der Waals surface area contributed by atoms with Crippen molar-refractivity contribution in [2.24, 2.45) is 5.92 Å². The number of hydrogen-bond donors (Lipinski definition) is 1. The van der Waals surface area contributed by atoms with Crippen molar-refractivity contribution in [3.63, 3.8) is 0 Å². The fourth-order valence-electron chi connectivity index (χ4n) is 2.79. The smallest absolute Gasteiger partial charge is 0.278 e. The highest BCUT2D eigenvalue weighted by molar-refractivity contribution is 5.97. The second kappa shape index (κ2) is 7.43. The number of nitrogens with zero attached hydrogens (tertiary/aromatic N) is 2. The highest BCUT2D eigenvalue weighted by Gasteiger charge is 2.17. The zero-order chi connectivity index (χ0) is 17.9. The van der Waals surface area contributed by atoms with Gasteiger partial charge in [0.05, 0.1) is 5.69 Å². The van der Waals surface area contributed by atoms with Gasteiger partial charge in [0.25, 0.3) is 5.91 Å². The molecule has 0 fully saturated rings. The van der Waals surface area contributed by atoms with E-state index in [2.05, 4.69) is 17.3 Å². The van der Waals surface area contributed by atoms with E-state index < -0.39 is 0 Å². The van der Waals surface area contributed by atoms with Gasteiger partial charge in [-0.2, -0.15) is 5.10 Å². The predicted octanol–water partition coefficient (Wildman–Crippen LogP) is 3.74. The molecule has 0 bridgehead atoms. The van der Waals surface area contributed by atoms with Crippen LogP contribution >= 0.6 is 0 Å². The molecule has 1 aromatic heterocycles. The lowest BCUT2D eigenvalue weighted by Crippen LogP contribution is -2.16. The van der Waals surface area contributed by atoms with Crippen LogP contribution in [0, 0.1) is 19.8 Å². The Balaban J connectivity index is 2.16. The van der Waals surface area contributed by atoms with Gasteiger partial charge in [-0.05, 0) is 56.0 Å². The number of carbonyl (C=O) groups excluding carboxylic acids is 2. The largest absolute Gasteiger partial charge is 0.326 e. The molecule has 5 heteroatoms. The molecule has 0 spiro atoms. The Labute approximate surface area is 143 Å². The second-order valence-corrected chi connectivity index (χ2v) is 6.44. The molecule has 128 valence electrons. The van der Waals surface area contributed by atoms with Crippen molar-refractivity contribution >= 4 is 17.5 Å². The Morgan fingerprint density at radius 2 is 1.79 bits per heavy atom. The Bertz CT molecular complexity index is 743. The number of benzene rings is 1. The summed E-state index contributed by atoms with van der Waals surface area (Å²) in [6.45, 7) is 9.89. The van der Waals surface area contributed by atoms with Crippen molar-refractivity contribution in [3.8, 4) is 0 Å². The zero-order valence-electron chi connectivity index (χ0n) is 15.0. The molecule has 0 atom stereocenters. The molecule has 24 heavy (non-hydrogen) atoms. The number of carbonyl (C=O) groups is 2. The lowest BCUT2D eigenvalue weighted by Gasteiger charge is -2.08. The van der Waals surface area contributed by atoms with Crippen molar-refractivity contribution in [1.82, 2.24) is 9.78 Å². The number of hydrogen-bond acceptors (Lipinski definition) is 3. The predicted molar refractivity (Wildman–Crippen MR) is 95.3 cm³/mol. The van der Waals surface area contributed by atoms with E-state index in [-0.39, 0.29) is 11.8 Å². The summed E-state index contributed by atoms with van der Waals surface area (Å²) in [5.41, 5.74) is 4.13. The van der Waals surface area contributed by atoms with Gasteiger partial charge in [0.1, 0.15) is 0 Å². The molecule has 2 aromatic rings. The third-order valence-electron chi connectivity index (χ3n) is 4.00. The van der Waals surface area contributed by atoms with E-state index in [0.29, 0.717) is 23.6 Å². The quantitative estimate of drug-likeness (QED) is 0.910. The third-order valence-corrected chi connectivity index (χ3v) is 4.00. The molecular formula is C19H25N3O2. The van der Waals surface area contributed by atoms with Gasteiger partial charge >= 0.3 is 0 Å². The highest BCUT2D eigenvalue weighted by atomic mass is 16.2. The molecule has 0 unspecified atom stereocenters. The molecule has 0 radical (unpaired) electrons. The summed E-state index contributed by atoms with van der Waals surface area (Å²) in [6.07, 6.45) is 1.33. The maximum absolute atomic E-state index is 12.6. The first-order valence-corrected chi connectivity index (χ1v) is 8.33. The van der Waals surface area contributed by atoms with E-state index in [1.807, 2.05) is 27.7 Å². The van der Waals surface area contributed by atoms with Crippen molar-refractivity contribution in [2.75, 3.05) is 5.32 Å². The topological polar surface area (TPSA) is 64.0 Å². The number of aryl methyl sites for hydroxylation is 1. The molecule has 0 aliphatic rings. The van der Waals surface area contributed by atoms with Gasteiger partial charge in [-0.25, -0.2) is 4.68 Å². The van der Waals surface area contributed by atoms with E-state index >= 15 is 0 Å². The Hall–Kier alpha value is -2.43. The van der Waals surface area contributed by atoms with Gasteiger partial charge in [-0.1, -0.05) is 20.8 Å². The highest BCUT2D eigenvalue weighted by Crippen LogP contribution is 2.17. The third kappa shape index (κ3) is 3.91. The average Bonchev–Trinajstić information content (AvgIpc) is 2.80. The van der Waals surface area contributed by atoms with Crippen molar-refractivity contribution < 1.29 is 9.59 Å². The van der Waals surface area contributed by atoms with Crippen LogP contribution in [0.2, 0.25) is 0 Å². The summed E-state index contributed by atoms with van der Waals surface area (Å²) in [7, 11) is 0. The number of aromatic nitrogens is 2. The van der Waals surface area contributed by atoms with Gasteiger partial charge in [-0.3, -0.25) is 9.59 Å². The Kier molecular flexibility index (Phi) is 5.54. The SMILES string of the molecule is CCc1c(C)nn(C(=O)c2ccc(NC(=O)CC(C)C)cc2)c1C. The van der Waals surface area contributed by atoms with Gasteiger partial charge in [0.2, 0.25) is 5.91 Å². The zero-order valence-corrected chi connectivity index (χ0v) is 15.0. The normalized spacial score (nSPS) is 10.9. The lowest BCUT2D eigenvalue weighted by atomic mass is 10.1. The Morgan fingerprint density at radius 1 is 1.17 bits per heavy atom. The summed E-state index contributed by atoms with van der Waals surface area (Å²) >= 11 is 0. The molecule has 2 rings (SSSR count). The van der Waals surface area contributed by atoms with E-state index in [9.17, 15) is 9.59 Å². The summed E-state index contributed by atoms with van der Waals surface area (Å²) in [5, 5.41) is 7.20. The van der Waals surface area contributed by atoms with Gasteiger partial charge in [-0.15, -0.1) is 0 Å². The fourth-order valence-corrected chi connectivity index (χ4v) is 2.79. The number of amides is 1. The van der Waals surface area contributed by atoms with E-state index in [4.69, 9.17) is 0 Å². The van der Waals surface area contributed by atoms with Gasteiger partial charge in [0, 0.05) is 23.4 Å². The fraction of sp³-hybridized carbons (Fsp3) is 0.421. The first kappa shape index (κ1) is 17.9. The summed E-state index contributed by atoms with van der Waals surface area (Å²) in [4.78, 5) is 24.4. The standard InChI is InChI=1S/C19H25N3O2/c1-6-17-13(4)21-22(14(17)5)19(24)15-7-9-16(10-8-15)20-18(23)11-12(2)3/h7-10,12H,6,11H2,1-5H3,(H,20,23). The minimum absolute atomic E-state index is 0.0183. The number of rotatable bonds is 5. The maximum Gasteiger partial charge on any atom is 0.278 e. The monoisotopic (exact) mass is 327 g/mol. The van der Waals surface area contributed by atoms with E-state index in [1.165, 1.54) is 4.68 Å². The minimum atomic E-state index is -0.157. The molecular weight excluding hydrogens is 302 g/mol. The summed E-state index contributed by atoms with van der Waals surface area (Å²) < 4.78 is 1.46. The van der Waals surface area contributed by atoms with Crippen LogP contribution in [-0.2, 0) is 11.2 Å². The number of nitrogens with one attached hydrogen (secondary N) is 1. The Morgan fingerprint density at radius 3 is 2.29 bits per heavy atom. The van der Waals surface area contributed by atoms with Crippen LogP contribution < -0.4 is 5.32 Å². The van der Waals surface area contributed by atoms with Crippen LogP contribution in [0.5, 0.6) is 0 Å². The molecule has 0 saturated heterocycles. The summed E-state index contributed by atoms with van der Waals surface area (Å²) in [5.74, 6) is 0.134. The van der Waals surface area contributed by atoms with Crippen LogP contribution in [-0.4, -0.2) is 21.6 Å². The molecule has 0 aliphatic carbocycles. The molecule has 1 N–H and O–H groups in total. The lowest BCUT2D eigenvalue weighted by molar-refractivity contribution is -0.116. The van der Waals surface area contributed by atoms with Crippen LogP contribution in [0.15, 0.2) is 24.3 Å². The number of anilines is 1. The molecule has 1 heterocycles. The van der Waals surface area contributed by atoms with E-state index in [1.54, 1.807) is 24.3 Å². The van der Waals surface area contributed by atoms with Crippen LogP contribution in [0.4, 0.5) is 5.69 Å². The van der Waals surface area contributed by atoms with Crippen LogP contribution in [0.1, 0.15) is 54.5 Å². The van der Waals surface area contributed by atoms with Crippen LogP contribution in [0.25, 0.3) is 0 Å². The first-order valence-electron chi connectivity index (χ1n) is 8.33. The van der Waals surface area contributed by atoms with Crippen molar-refractivity contribution in [3.05, 3.63) is 46.8 Å². The first-order chi connectivity index (χ1) is 11.3. The molecule has 5 nitrogen and oxygen atoms in total. The van der Waals surface area contributed by atoms with Gasteiger partial charge in [0.15, 0.2) is 0 Å². The molecule has 1 aromatic carbocycles.